The highest BCUT2D eigenvalue weighted by Gasteiger charge is 2.26. The molecule has 0 aliphatic carbocycles. The van der Waals surface area contributed by atoms with E-state index in [1.807, 2.05) is 0 Å². The molecule has 10 heteroatoms. The van der Waals surface area contributed by atoms with E-state index in [-0.39, 0.29) is 32.6 Å². The lowest BCUT2D eigenvalue weighted by Crippen LogP contribution is -2.29. The summed E-state index contributed by atoms with van der Waals surface area (Å²) in [6, 6.07) is 0. The molecule has 1 unspecified atom stereocenters. The normalized spacial score (nSPS) is 13.3. The average Bonchev–Trinajstić information content (AvgIpc) is 3.25. The third kappa shape index (κ3) is 47.8. The number of phosphoric acid groups is 1. The molecule has 0 heterocycles. The molecular weight excluding hydrogens is 786 g/mol. The number of rotatable bonds is 49. The van der Waals surface area contributed by atoms with Crippen LogP contribution in [-0.4, -0.2) is 49.3 Å². The molecule has 0 fully saturated rings. The van der Waals surface area contributed by atoms with E-state index in [2.05, 4.69) is 38.2 Å². The molecule has 9 nitrogen and oxygen atoms in total. The molecule has 0 radical (unpaired) electrons. The van der Waals surface area contributed by atoms with E-state index in [4.69, 9.17) is 24.3 Å². The second-order valence-electron chi connectivity index (χ2n) is 17.4. The molecule has 3 N–H and O–H groups in total. The van der Waals surface area contributed by atoms with Crippen LogP contribution in [0, 0.1) is 0 Å². The topological polar surface area (TPSA) is 134 Å². The predicted octanol–water partition coefficient (Wildman–Crippen LogP) is 15.5. The van der Waals surface area contributed by atoms with Crippen LogP contribution in [0.15, 0.2) is 24.3 Å². The van der Waals surface area contributed by atoms with E-state index in [0.717, 1.165) is 38.5 Å². The average molecular weight is 884 g/mol. The fourth-order valence-corrected chi connectivity index (χ4v) is 8.25. The Labute approximate surface area is 376 Å². The molecule has 0 aromatic carbocycles. The van der Waals surface area contributed by atoms with Gasteiger partial charge in [-0.05, 0) is 44.9 Å². The highest BCUT2D eigenvalue weighted by molar-refractivity contribution is 7.47. The number of esters is 2. The Morgan fingerprint density at radius 1 is 0.475 bits per heavy atom. The molecule has 0 amide bonds. The lowest BCUT2D eigenvalue weighted by Gasteiger charge is -2.19. The fourth-order valence-electron chi connectivity index (χ4n) is 7.48. The van der Waals surface area contributed by atoms with Crippen molar-refractivity contribution in [3.05, 3.63) is 24.3 Å². The van der Waals surface area contributed by atoms with Gasteiger partial charge in [0.05, 0.1) is 13.2 Å². The zero-order valence-corrected chi connectivity index (χ0v) is 40.8. The van der Waals surface area contributed by atoms with E-state index >= 15 is 0 Å². The van der Waals surface area contributed by atoms with E-state index < -0.39 is 32.5 Å². The highest BCUT2D eigenvalue weighted by atomic mass is 31.2. The number of hydrogen-bond acceptors (Lipinski definition) is 8. The molecule has 0 bridgehead atoms. The summed E-state index contributed by atoms with van der Waals surface area (Å²) < 4.78 is 32.9. The number of carbonyl (C=O) groups excluding carboxylic acids is 2. The number of phosphoric ester groups is 1. The predicted molar refractivity (Wildman–Crippen MR) is 257 cm³/mol. The zero-order valence-electron chi connectivity index (χ0n) is 39.9. The second kappa shape index (κ2) is 48.0. The number of nitrogens with two attached hydrogens (primary N) is 1. The van der Waals surface area contributed by atoms with Crippen molar-refractivity contribution in [1.82, 2.24) is 0 Å². The van der Waals surface area contributed by atoms with Crippen LogP contribution in [0.3, 0.4) is 0 Å². The summed E-state index contributed by atoms with van der Waals surface area (Å²) in [4.78, 5) is 35.0. The summed E-state index contributed by atoms with van der Waals surface area (Å²) in [5, 5.41) is 0. The molecule has 0 saturated heterocycles. The van der Waals surface area contributed by atoms with Crippen LogP contribution in [0.1, 0.15) is 258 Å². The quantitative estimate of drug-likeness (QED) is 0.0265. The second-order valence-corrected chi connectivity index (χ2v) is 18.8. The zero-order chi connectivity index (χ0) is 44.6. The molecule has 2 atom stereocenters. The van der Waals surface area contributed by atoms with Gasteiger partial charge < -0.3 is 20.1 Å². The lowest BCUT2D eigenvalue weighted by atomic mass is 10.0. The van der Waals surface area contributed by atoms with Crippen LogP contribution >= 0.6 is 7.82 Å². The van der Waals surface area contributed by atoms with Crippen molar-refractivity contribution < 1.29 is 37.6 Å². The number of unbranched alkanes of at least 4 members (excludes halogenated alkanes) is 32. The van der Waals surface area contributed by atoms with E-state index in [0.29, 0.717) is 12.8 Å². The first-order valence-electron chi connectivity index (χ1n) is 25.8. The fraction of sp³-hybridized carbons (Fsp3) is 0.882. The third-order valence-corrected chi connectivity index (χ3v) is 12.3. The number of allylic oxidation sites excluding steroid dienone is 4. The van der Waals surface area contributed by atoms with Gasteiger partial charge in [0.1, 0.15) is 6.61 Å². The van der Waals surface area contributed by atoms with Gasteiger partial charge in [-0.15, -0.1) is 0 Å². The summed E-state index contributed by atoms with van der Waals surface area (Å²) in [7, 11) is -4.39. The number of carbonyl (C=O) groups is 2. The summed E-state index contributed by atoms with van der Waals surface area (Å²) in [5.41, 5.74) is 5.36. The molecule has 0 aromatic heterocycles. The van der Waals surface area contributed by atoms with Gasteiger partial charge in [0.2, 0.25) is 0 Å². The van der Waals surface area contributed by atoms with Gasteiger partial charge in [0.25, 0.3) is 0 Å². The minimum Gasteiger partial charge on any atom is -0.462 e. The number of ether oxygens (including phenoxy) is 2. The molecule has 0 aliphatic rings. The molecule has 0 saturated carbocycles. The van der Waals surface area contributed by atoms with Crippen molar-refractivity contribution in [2.45, 2.75) is 264 Å². The molecule has 0 spiro atoms. The highest BCUT2D eigenvalue weighted by Crippen LogP contribution is 2.43. The van der Waals surface area contributed by atoms with Crippen LogP contribution in [0.25, 0.3) is 0 Å². The number of hydrogen-bond donors (Lipinski definition) is 2. The molecule has 61 heavy (non-hydrogen) atoms. The third-order valence-electron chi connectivity index (χ3n) is 11.3. The van der Waals surface area contributed by atoms with Crippen molar-refractivity contribution in [3.63, 3.8) is 0 Å². The van der Waals surface area contributed by atoms with Gasteiger partial charge in [-0.25, -0.2) is 4.57 Å². The van der Waals surface area contributed by atoms with Crippen molar-refractivity contribution in [2.75, 3.05) is 26.4 Å². The van der Waals surface area contributed by atoms with E-state index in [1.54, 1.807) is 0 Å². The Balaban J connectivity index is 4.06. The summed E-state index contributed by atoms with van der Waals surface area (Å²) in [6.45, 7) is 3.74. The first-order chi connectivity index (χ1) is 29.8. The summed E-state index contributed by atoms with van der Waals surface area (Å²) in [6.07, 6.45) is 53.7. The van der Waals surface area contributed by atoms with Crippen LogP contribution in [0.5, 0.6) is 0 Å². The summed E-state index contributed by atoms with van der Waals surface area (Å²) in [5.74, 6) is -0.864. The maximum absolute atomic E-state index is 12.6. The van der Waals surface area contributed by atoms with Gasteiger partial charge >= 0.3 is 19.8 Å². The van der Waals surface area contributed by atoms with Gasteiger partial charge in [0.15, 0.2) is 6.10 Å². The van der Waals surface area contributed by atoms with Crippen LogP contribution < -0.4 is 5.73 Å². The van der Waals surface area contributed by atoms with Crippen molar-refractivity contribution >= 4 is 19.8 Å². The van der Waals surface area contributed by atoms with Crippen LogP contribution in [-0.2, 0) is 32.7 Å². The first-order valence-corrected chi connectivity index (χ1v) is 27.3. The Hall–Kier alpha value is -1.51. The van der Waals surface area contributed by atoms with Crippen LogP contribution in [0.2, 0.25) is 0 Å². The Bertz CT molecular complexity index is 1050. The van der Waals surface area contributed by atoms with Crippen LogP contribution in [0.4, 0.5) is 0 Å². The van der Waals surface area contributed by atoms with E-state index in [1.165, 1.54) is 180 Å². The summed E-state index contributed by atoms with van der Waals surface area (Å²) >= 11 is 0. The van der Waals surface area contributed by atoms with E-state index in [9.17, 15) is 19.0 Å². The Morgan fingerprint density at radius 2 is 0.836 bits per heavy atom. The molecule has 0 rings (SSSR count). The SMILES string of the molecule is CCCCCCCCCCCCCCCC/C=C/CC/C=C/CCCC(=O)OC[C@@H](COP(=O)(O)OCCN)OC(=O)CCCCCCCCCCCCCCCCCCC. The lowest BCUT2D eigenvalue weighted by molar-refractivity contribution is -0.161. The van der Waals surface area contributed by atoms with Crippen molar-refractivity contribution in [1.29, 1.82) is 0 Å². The van der Waals surface area contributed by atoms with Crippen molar-refractivity contribution in [3.8, 4) is 0 Å². The molecule has 0 aromatic rings. The van der Waals surface area contributed by atoms with Gasteiger partial charge in [0, 0.05) is 19.4 Å². The molecule has 360 valence electrons. The van der Waals surface area contributed by atoms with Gasteiger partial charge in [-0.1, -0.05) is 224 Å². The maximum Gasteiger partial charge on any atom is 0.472 e. The standard InChI is InChI=1S/C51H98NO8P/c1-3-5-7-9-11-13-15-17-19-21-22-23-24-25-26-28-29-31-33-35-37-39-41-43-50(53)57-47-49(48-59-61(55,56)58-46-45-52)60-51(54)44-42-40-38-36-34-32-30-27-20-18-16-14-12-10-8-6-4-2/h28-29,35,37,49H,3-27,30-34,36,38-48,52H2,1-2H3,(H,55,56)/b29-28+,37-35+/t49-/m0/s1. The molecular formula is C51H98NO8P. The molecule has 0 aliphatic heterocycles. The van der Waals surface area contributed by atoms with Gasteiger partial charge in [-0.3, -0.25) is 18.6 Å². The Kier molecular flexibility index (Phi) is 46.8. The largest absolute Gasteiger partial charge is 0.472 e. The maximum atomic E-state index is 12.6. The first kappa shape index (κ1) is 59.5. The van der Waals surface area contributed by atoms with Gasteiger partial charge in [-0.2, -0.15) is 0 Å². The minimum absolute atomic E-state index is 0.0507. The van der Waals surface area contributed by atoms with Crippen molar-refractivity contribution in [2.24, 2.45) is 5.73 Å². The minimum atomic E-state index is -4.39. The monoisotopic (exact) mass is 884 g/mol. The smallest absolute Gasteiger partial charge is 0.462 e. The Morgan fingerprint density at radius 3 is 1.26 bits per heavy atom.